The number of nitrogens with zero attached hydrogens (tertiary/aromatic N) is 4. The van der Waals surface area contributed by atoms with Crippen LogP contribution in [0.3, 0.4) is 0 Å². The molecule has 1 aliphatic heterocycles. The monoisotopic (exact) mass is 370 g/mol. The summed E-state index contributed by atoms with van der Waals surface area (Å²) in [5.41, 5.74) is 2.68. The van der Waals surface area contributed by atoms with E-state index in [-0.39, 0.29) is 0 Å². The summed E-state index contributed by atoms with van der Waals surface area (Å²) in [5, 5.41) is 6.71. The molecule has 0 bridgehead atoms. The topological polar surface area (TPSA) is 74.7 Å². The highest BCUT2D eigenvalue weighted by atomic mass is 32.1. The Hall–Kier alpha value is -2.58. The summed E-state index contributed by atoms with van der Waals surface area (Å²) >= 11 is 5.41. The van der Waals surface area contributed by atoms with Crippen molar-refractivity contribution in [3.05, 3.63) is 47.8 Å². The van der Waals surface area contributed by atoms with Crippen LogP contribution in [0.15, 0.2) is 41.4 Å². The highest BCUT2D eigenvalue weighted by Gasteiger charge is 2.17. The Bertz CT molecular complexity index is 769. The molecule has 0 saturated carbocycles. The number of aromatic nitrogens is 2. The molecule has 0 spiro atoms. The Balaban J connectivity index is 1.81. The van der Waals surface area contributed by atoms with Gasteiger partial charge in [0, 0.05) is 30.2 Å². The van der Waals surface area contributed by atoms with Crippen molar-refractivity contribution in [2.24, 2.45) is 4.99 Å². The molecule has 2 aromatic rings. The molecule has 0 atom stereocenters. The zero-order chi connectivity index (χ0) is 18.4. The summed E-state index contributed by atoms with van der Waals surface area (Å²) in [5.74, 6) is 1.13. The lowest BCUT2D eigenvalue weighted by atomic mass is 10.3. The molecule has 0 radical (unpaired) electrons. The zero-order valence-corrected chi connectivity index (χ0v) is 15.7. The van der Waals surface area contributed by atoms with Crippen LogP contribution >= 0.6 is 12.2 Å². The van der Waals surface area contributed by atoms with Gasteiger partial charge in [0.1, 0.15) is 0 Å². The van der Waals surface area contributed by atoms with Gasteiger partial charge in [-0.25, -0.2) is 9.97 Å². The minimum atomic E-state index is 0.370. The van der Waals surface area contributed by atoms with Crippen molar-refractivity contribution in [3.8, 4) is 0 Å². The van der Waals surface area contributed by atoms with Crippen molar-refractivity contribution in [2.45, 2.75) is 13.8 Å². The maximum atomic E-state index is 5.43. The van der Waals surface area contributed by atoms with Gasteiger partial charge in [0.2, 0.25) is 17.0 Å². The molecule has 1 saturated heterocycles. The second-order valence-corrected chi connectivity index (χ2v) is 6.32. The first kappa shape index (κ1) is 18.2. The zero-order valence-electron chi connectivity index (χ0n) is 14.9. The van der Waals surface area contributed by atoms with E-state index in [1.54, 1.807) is 0 Å². The van der Waals surface area contributed by atoms with E-state index < -0.39 is 0 Å². The molecular weight excluding hydrogens is 348 g/mol. The van der Waals surface area contributed by atoms with E-state index in [0.717, 1.165) is 30.2 Å². The molecule has 136 valence electrons. The van der Waals surface area contributed by atoms with Crippen LogP contribution in [0, 0.1) is 13.8 Å². The largest absolute Gasteiger partial charge is 0.378 e. The number of rotatable bonds is 2. The average Bonchev–Trinajstić information content (AvgIpc) is 2.62. The van der Waals surface area contributed by atoms with E-state index in [1.165, 1.54) is 0 Å². The molecule has 0 unspecified atom stereocenters. The van der Waals surface area contributed by atoms with Gasteiger partial charge in [-0.15, -0.1) is 0 Å². The predicted molar refractivity (Wildman–Crippen MR) is 108 cm³/mol. The minimum absolute atomic E-state index is 0.370. The number of aliphatic imine (C=N–C) groups is 1. The van der Waals surface area contributed by atoms with Gasteiger partial charge in [0.05, 0.1) is 13.2 Å². The Morgan fingerprint density at radius 2 is 1.73 bits per heavy atom. The minimum Gasteiger partial charge on any atom is -0.378 e. The third-order valence-electron chi connectivity index (χ3n) is 3.75. The van der Waals surface area contributed by atoms with Crippen molar-refractivity contribution in [3.63, 3.8) is 0 Å². The number of guanidine groups is 1. The van der Waals surface area contributed by atoms with Crippen LogP contribution < -0.4 is 10.6 Å². The Morgan fingerprint density at radius 1 is 1.08 bits per heavy atom. The number of nitrogens with one attached hydrogen (secondary N) is 2. The standard InChI is InChI=1S/C18H22N6OS/c1-13-12-14(2)20-16(19-13)22-17(24-8-10-25-11-9-24)23-18(26)21-15-6-4-3-5-7-15/h3-7,12H,8-11H2,1-2H3,(H2,19,20,21,22,23,26). The van der Waals surface area contributed by atoms with E-state index in [9.17, 15) is 0 Å². The van der Waals surface area contributed by atoms with E-state index in [2.05, 4.69) is 30.5 Å². The molecule has 1 aromatic carbocycles. The maximum absolute atomic E-state index is 5.43. The van der Waals surface area contributed by atoms with Crippen LogP contribution in [0.2, 0.25) is 0 Å². The van der Waals surface area contributed by atoms with Gasteiger partial charge in [0.25, 0.3) is 0 Å². The lowest BCUT2D eigenvalue weighted by Gasteiger charge is -2.29. The number of anilines is 2. The van der Waals surface area contributed by atoms with Gasteiger partial charge in [-0.2, -0.15) is 4.99 Å². The first-order valence-electron chi connectivity index (χ1n) is 8.47. The van der Waals surface area contributed by atoms with Crippen LogP contribution in [-0.4, -0.2) is 52.2 Å². The summed E-state index contributed by atoms with van der Waals surface area (Å²) in [4.78, 5) is 15.5. The number of hydrogen-bond donors (Lipinski definition) is 2. The molecule has 8 heteroatoms. The summed E-state index contributed by atoms with van der Waals surface area (Å²) in [7, 11) is 0. The molecule has 0 amide bonds. The first-order chi connectivity index (χ1) is 12.6. The van der Waals surface area contributed by atoms with Crippen molar-refractivity contribution < 1.29 is 4.74 Å². The number of benzene rings is 1. The normalized spacial score (nSPS) is 14.8. The number of hydrogen-bond acceptors (Lipinski definition) is 4. The number of morpholine rings is 1. The Kier molecular flexibility index (Phi) is 6.08. The molecule has 7 nitrogen and oxygen atoms in total. The number of ether oxygens (including phenoxy) is 1. The van der Waals surface area contributed by atoms with E-state index in [0.29, 0.717) is 30.2 Å². The average molecular weight is 370 g/mol. The smallest absolute Gasteiger partial charge is 0.229 e. The van der Waals surface area contributed by atoms with Crippen LogP contribution in [-0.2, 0) is 4.74 Å². The third-order valence-corrected chi connectivity index (χ3v) is 3.94. The second kappa shape index (κ2) is 8.68. The van der Waals surface area contributed by atoms with E-state index >= 15 is 0 Å². The molecule has 2 N–H and O–H groups in total. The van der Waals surface area contributed by atoms with Crippen molar-refractivity contribution in [1.82, 2.24) is 14.9 Å². The highest BCUT2D eigenvalue weighted by molar-refractivity contribution is 7.80. The SMILES string of the molecule is Cc1cc(C)nc(N/C(=N/C(=S)Nc2ccccc2)N2CCOCC2)n1. The van der Waals surface area contributed by atoms with Crippen molar-refractivity contribution in [2.75, 3.05) is 36.9 Å². The van der Waals surface area contributed by atoms with Gasteiger partial charge in [-0.3, -0.25) is 5.32 Å². The molecule has 1 aliphatic rings. The number of para-hydroxylation sites is 1. The van der Waals surface area contributed by atoms with Gasteiger partial charge in [-0.1, -0.05) is 18.2 Å². The van der Waals surface area contributed by atoms with E-state index in [1.807, 2.05) is 50.2 Å². The molecule has 0 aliphatic carbocycles. The summed E-state index contributed by atoms with van der Waals surface area (Å²) in [6.45, 7) is 6.62. The van der Waals surface area contributed by atoms with Gasteiger partial charge in [0.15, 0.2) is 0 Å². The fraction of sp³-hybridized carbons (Fsp3) is 0.333. The molecule has 2 heterocycles. The quantitative estimate of drug-likeness (QED) is 0.478. The fourth-order valence-electron chi connectivity index (χ4n) is 2.60. The molecule has 3 rings (SSSR count). The van der Waals surface area contributed by atoms with Crippen LogP contribution in [0.4, 0.5) is 11.6 Å². The molecule has 1 aromatic heterocycles. The third kappa shape index (κ3) is 5.21. The summed E-state index contributed by atoms with van der Waals surface area (Å²) in [6.07, 6.45) is 0. The van der Waals surface area contributed by atoms with E-state index in [4.69, 9.17) is 17.0 Å². The predicted octanol–water partition coefficient (Wildman–Crippen LogP) is 2.59. The number of aryl methyl sites for hydroxylation is 2. The Morgan fingerprint density at radius 3 is 2.38 bits per heavy atom. The second-order valence-electron chi connectivity index (χ2n) is 5.93. The lowest BCUT2D eigenvalue weighted by Crippen LogP contribution is -2.45. The Labute approximate surface area is 158 Å². The van der Waals surface area contributed by atoms with Gasteiger partial charge in [-0.05, 0) is 44.3 Å². The highest BCUT2D eigenvalue weighted by Crippen LogP contribution is 2.09. The van der Waals surface area contributed by atoms with Crippen LogP contribution in [0.5, 0.6) is 0 Å². The van der Waals surface area contributed by atoms with Crippen molar-refractivity contribution in [1.29, 1.82) is 0 Å². The maximum Gasteiger partial charge on any atom is 0.229 e. The van der Waals surface area contributed by atoms with Crippen molar-refractivity contribution >= 4 is 34.9 Å². The lowest BCUT2D eigenvalue weighted by molar-refractivity contribution is 0.0680. The molecular formula is C18H22N6OS. The van der Waals surface area contributed by atoms with Crippen LogP contribution in [0.25, 0.3) is 0 Å². The van der Waals surface area contributed by atoms with Crippen LogP contribution in [0.1, 0.15) is 11.4 Å². The van der Waals surface area contributed by atoms with Gasteiger partial charge >= 0.3 is 0 Å². The first-order valence-corrected chi connectivity index (χ1v) is 8.88. The molecule has 1 fully saturated rings. The summed E-state index contributed by atoms with van der Waals surface area (Å²) < 4.78 is 5.43. The van der Waals surface area contributed by atoms with Gasteiger partial charge < -0.3 is 15.0 Å². The number of thiocarbonyl (C=S) groups is 1. The molecule has 26 heavy (non-hydrogen) atoms. The summed E-state index contributed by atoms with van der Waals surface area (Å²) in [6, 6.07) is 11.7. The fourth-order valence-corrected chi connectivity index (χ4v) is 2.81.